The van der Waals surface area contributed by atoms with Gasteiger partial charge in [-0.3, -0.25) is 9.30 Å². The molecule has 0 unspecified atom stereocenters. The van der Waals surface area contributed by atoms with Gasteiger partial charge < -0.3 is 4.52 Å². The van der Waals surface area contributed by atoms with E-state index in [0.29, 0.717) is 24.1 Å². The van der Waals surface area contributed by atoms with Gasteiger partial charge in [-0.2, -0.15) is 4.98 Å². The van der Waals surface area contributed by atoms with Crippen molar-refractivity contribution in [3.05, 3.63) is 42.1 Å². The van der Waals surface area contributed by atoms with Gasteiger partial charge in [0.1, 0.15) is 0 Å². The van der Waals surface area contributed by atoms with E-state index in [2.05, 4.69) is 52.0 Å². The van der Waals surface area contributed by atoms with Crippen molar-refractivity contribution in [2.75, 3.05) is 6.54 Å². The van der Waals surface area contributed by atoms with Crippen LogP contribution in [0.2, 0.25) is 0 Å². The van der Waals surface area contributed by atoms with Crippen LogP contribution >= 0.6 is 0 Å². The van der Waals surface area contributed by atoms with Gasteiger partial charge in [0.05, 0.1) is 6.54 Å². The minimum Gasteiger partial charge on any atom is -0.339 e. The van der Waals surface area contributed by atoms with E-state index >= 15 is 0 Å². The lowest BCUT2D eigenvalue weighted by atomic mass is 10.1. The normalized spacial score (nSPS) is 11.9. The molecule has 7 nitrogen and oxygen atoms in total. The topological polar surface area (TPSA) is 72.4 Å². The SMILES string of the molecule is CCN(Cc1cnc2nccn2c1)Cc1noc(CC(C)C)n1. The summed E-state index contributed by atoms with van der Waals surface area (Å²) in [5.41, 5.74) is 1.13. The predicted octanol–water partition coefficient (Wildman–Crippen LogP) is 2.33. The van der Waals surface area contributed by atoms with E-state index in [-0.39, 0.29) is 0 Å². The van der Waals surface area contributed by atoms with Gasteiger partial charge in [-0.05, 0) is 12.5 Å². The van der Waals surface area contributed by atoms with Crippen LogP contribution in [0.5, 0.6) is 0 Å². The van der Waals surface area contributed by atoms with Gasteiger partial charge in [-0.15, -0.1) is 0 Å². The third-order valence-electron chi connectivity index (χ3n) is 3.61. The summed E-state index contributed by atoms with van der Waals surface area (Å²) in [6.45, 7) is 8.75. The van der Waals surface area contributed by atoms with Gasteiger partial charge in [0, 0.05) is 43.3 Å². The molecule has 0 aromatic carbocycles. The third-order valence-corrected chi connectivity index (χ3v) is 3.61. The fourth-order valence-electron chi connectivity index (χ4n) is 2.46. The summed E-state index contributed by atoms with van der Waals surface area (Å²) in [6.07, 6.45) is 8.39. The van der Waals surface area contributed by atoms with Crippen molar-refractivity contribution in [3.8, 4) is 0 Å². The van der Waals surface area contributed by atoms with Crippen LogP contribution in [0.4, 0.5) is 0 Å². The standard InChI is InChI=1S/C16H22N6O/c1-4-21(11-14-19-15(23-20-14)7-12(2)3)9-13-8-18-16-17-5-6-22(16)10-13/h5-6,8,10,12H,4,7,9,11H2,1-3H3. The van der Waals surface area contributed by atoms with E-state index in [0.717, 1.165) is 30.9 Å². The lowest BCUT2D eigenvalue weighted by molar-refractivity contribution is 0.258. The highest BCUT2D eigenvalue weighted by atomic mass is 16.5. The maximum Gasteiger partial charge on any atom is 0.233 e. The number of rotatable bonds is 7. The van der Waals surface area contributed by atoms with E-state index in [4.69, 9.17) is 4.52 Å². The molecule has 3 aromatic rings. The summed E-state index contributed by atoms with van der Waals surface area (Å²) in [4.78, 5) is 15.2. The fourth-order valence-corrected chi connectivity index (χ4v) is 2.46. The molecule has 0 bridgehead atoms. The average Bonchev–Trinajstić information content (AvgIpc) is 3.14. The maximum absolute atomic E-state index is 5.31. The van der Waals surface area contributed by atoms with Crippen LogP contribution in [-0.2, 0) is 19.5 Å². The van der Waals surface area contributed by atoms with Crippen molar-refractivity contribution >= 4 is 5.78 Å². The number of fused-ring (bicyclic) bond motifs is 1. The summed E-state index contributed by atoms with van der Waals surface area (Å²) in [5.74, 6) is 2.68. The molecule has 7 heteroatoms. The zero-order chi connectivity index (χ0) is 16.2. The molecule has 3 rings (SSSR count). The van der Waals surface area contributed by atoms with Crippen LogP contribution in [-0.4, -0.2) is 36.0 Å². The van der Waals surface area contributed by atoms with Crippen molar-refractivity contribution in [1.82, 2.24) is 29.4 Å². The zero-order valence-corrected chi connectivity index (χ0v) is 13.8. The van der Waals surface area contributed by atoms with Crippen molar-refractivity contribution in [2.45, 2.75) is 40.3 Å². The highest BCUT2D eigenvalue weighted by Gasteiger charge is 2.12. The van der Waals surface area contributed by atoms with Crippen LogP contribution in [0.25, 0.3) is 5.78 Å². The van der Waals surface area contributed by atoms with Crippen molar-refractivity contribution in [2.24, 2.45) is 5.92 Å². The molecular formula is C16H22N6O. The lowest BCUT2D eigenvalue weighted by Crippen LogP contribution is -2.23. The second-order valence-corrected chi connectivity index (χ2v) is 6.10. The molecule has 0 aliphatic heterocycles. The Morgan fingerprint density at radius 1 is 1.26 bits per heavy atom. The first-order valence-corrected chi connectivity index (χ1v) is 7.95. The quantitative estimate of drug-likeness (QED) is 0.666. The Hall–Kier alpha value is -2.28. The van der Waals surface area contributed by atoms with Gasteiger partial charge in [0.25, 0.3) is 0 Å². The first kappa shape index (κ1) is 15.6. The van der Waals surface area contributed by atoms with Crippen LogP contribution in [0.15, 0.2) is 29.3 Å². The fraction of sp³-hybridized carbons (Fsp3) is 0.500. The largest absolute Gasteiger partial charge is 0.339 e. The Balaban J connectivity index is 1.66. The second kappa shape index (κ2) is 6.87. The number of hydrogen-bond acceptors (Lipinski definition) is 6. The first-order valence-electron chi connectivity index (χ1n) is 7.95. The van der Waals surface area contributed by atoms with E-state index in [1.807, 2.05) is 16.8 Å². The number of imidazole rings is 1. The average molecular weight is 314 g/mol. The smallest absolute Gasteiger partial charge is 0.233 e. The molecule has 0 aliphatic rings. The minimum absolute atomic E-state index is 0.513. The molecule has 0 amide bonds. The van der Waals surface area contributed by atoms with E-state index in [1.165, 1.54) is 0 Å². The zero-order valence-electron chi connectivity index (χ0n) is 13.8. The summed E-state index contributed by atoms with van der Waals surface area (Å²) in [6, 6.07) is 0. The molecule has 0 N–H and O–H groups in total. The second-order valence-electron chi connectivity index (χ2n) is 6.10. The molecular weight excluding hydrogens is 292 g/mol. The van der Waals surface area contributed by atoms with E-state index < -0.39 is 0 Å². The van der Waals surface area contributed by atoms with Gasteiger partial charge in [0.15, 0.2) is 5.82 Å². The van der Waals surface area contributed by atoms with E-state index in [1.54, 1.807) is 6.20 Å². The maximum atomic E-state index is 5.31. The molecule has 0 aliphatic carbocycles. The summed E-state index contributed by atoms with van der Waals surface area (Å²) in [7, 11) is 0. The van der Waals surface area contributed by atoms with Gasteiger partial charge in [-0.25, -0.2) is 9.97 Å². The molecule has 0 fully saturated rings. The molecule has 0 saturated heterocycles. The van der Waals surface area contributed by atoms with Crippen molar-refractivity contribution in [3.63, 3.8) is 0 Å². The lowest BCUT2D eigenvalue weighted by Gasteiger charge is -2.18. The van der Waals surface area contributed by atoms with Gasteiger partial charge >= 0.3 is 0 Å². The molecule has 23 heavy (non-hydrogen) atoms. The number of aromatic nitrogens is 5. The molecule has 0 radical (unpaired) electrons. The summed E-state index contributed by atoms with van der Waals surface area (Å²) in [5, 5.41) is 4.08. The molecule has 122 valence electrons. The number of nitrogens with zero attached hydrogens (tertiary/aromatic N) is 6. The molecule has 3 aromatic heterocycles. The van der Waals surface area contributed by atoms with Crippen LogP contribution in [0.3, 0.4) is 0 Å². The highest BCUT2D eigenvalue weighted by Crippen LogP contribution is 2.10. The van der Waals surface area contributed by atoms with Crippen LogP contribution in [0.1, 0.15) is 38.0 Å². The molecule has 0 atom stereocenters. The summed E-state index contributed by atoms with van der Waals surface area (Å²) < 4.78 is 7.23. The molecule has 0 saturated carbocycles. The van der Waals surface area contributed by atoms with Gasteiger partial charge in [0.2, 0.25) is 11.7 Å². The van der Waals surface area contributed by atoms with Crippen molar-refractivity contribution < 1.29 is 4.52 Å². The summed E-state index contributed by atoms with van der Waals surface area (Å²) >= 11 is 0. The monoisotopic (exact) mass is 314 g/mol. The van der Waals surface area contributed by atoms with E-state index in [9.17, 15) is 0 Å². The van der Waals surface area contributed by atoms with Crippen molar-refractivity contribution in [1.29, 1.82) is 0 Å². The Bertz CT molecular complexity index is 763. The highest BCUT2D eigenvalue weighted by molar-refractivity contribution is 5.28. The number of hydrogen-bond donors (Lipinski definition) is 0. The minimum atomic E-state index is 0.513. The van der Waals surface area contributed by atoms with Gasteiger partial charge in [-0.1, -0.05) is 25.9 Å². The molecule has 3 heterocycles. The molecule has 0 spiro atoms. The first-order chi connectivity index (χ1) is 11.1. The predicted molar refractivity (Wildman–Crippen MR) is 85.6 cm³/mol. The Morgan fingerprint density at radius 2 is 2.13 bits per heavy atom. The Morgan fingerprint density at radius 3 is 2.91 bits per heavy atom. The third kappa shape index (κ3) is 3.92. The Kier molecular flexibility index (Phi) is 4.66. The van der Waals surface area contributed by atoms with Crippen LogP contribution < -0.4 is 0 Å². The van der Waals surface area contributed by atoms with Crippen LogP contribution in [0, 0.1) is 5.92 Å². The Labute approximate surface area is 135 Å².